The summed E-state index contributed by atoms with van der Waals surface area (Å²) in [5.41, 5.74) is 1.70. The maximum Gasteiger partial charge on any atom is 0.211 e. The van der Waals surface area contributed by atoms with Crippen molar-refractivity contribution in [3.05, 3.63) is 30.0 Å². The molecule has 7 heteroatoms. The van der Waals surface area contributed by atoms with Gasteiger partial charge in [-0.25, -0.2) is 8.42 Å². The van der Waals surface area contributed by atoms with Crippen molar-refractivity contribution in [2.24, 2.45) is 0 Å². The molecule has 6 nitrogen and oxygen atoms in total. The van der Waals surface area contributed by atoms with Gasteiger partial charge in [-0.2, -0.15) is 4.31 Å². The van der Waals surface area contributed by atoms with Crippen molar-refractivity contribution >= 4 is 21.0 Å². The fourth-order valence-corrected chi connectivity index (χ4v) is 3.31. The lowest BCUT2D eigenvalue weighted by Crippen LogP contribution is -2.47. The standard InChI is InChI=1S/C13H17N3O3S/c1-20(17,18)16-8-6-15(7-9-16)10-12-11-4-2-3-5-13(11)19-14-12/h2-5H,6-10H2,1H3. The van der Waals surface area contributed by atoms with Gasteiger partial charge >= 0.3 is 0 Å². The van der Waals surface area contributed by atoms with E-state index in [9.17, 15) is 8.42 Å². The van der Waals surface area contributed by atoms with Crippen molar-refractivity contribution in [3.8, 4) is 0 Å². The van der Waals surface area contributed by atoms with Gasteiger partial charge in [-0.1, -0.05) is 17.3 Å². The van der Waals surface area contributed by atoms with E-state index in [1.807, 2.05) is 24.3 Å². The average Bonchev–Trinajstić information content (AvgIpc) is 2.82. The molecule has 2 heterocycles. The summed E-state index contributed by atoms with van der Waals surface area (Å²) in [5.74, 6) is 0. The van der Waals surface area contributed by atoms with Crippen molar-refractivity contribution in [2.75, 3.05) is 32.4 Å². The lowest BCUT2D eigenvalue weighted by Gasteiger charge is -2.32. The lowest BCUT2D eigenvalue weighted by atomic mass is 10.2. The van der Waals surface area contributed by atoms with Crippen LogP contribution in [0.5, 0.6) is 0 Å². The number of aromatic nitrogens is 1. The van der Waals surface area contributed by atoms with E-state index in [2.05, 4.69) is 10.1 Å². The summed E-state index contributed by atoms with van der Waals surface area (Å²) in [4.78, 5) is 2.20. The summed E-state index contributed by atoms with van der Waals surface area (Å²) in [5, 5.41) is 5.13. The van der Waals surface area contributed by atoms with Crippen LogP contribution in [-0.4, -0.2) is 55.2 Å². The van der Waals surface area contributed by atoms with Crippen molar-refractivity contribution in [1.82, 2.24) is 14.4 Å². The topological polar surface area (TPSA) is 66.7 Å². The Morgan fingerprint density at radius 1 is 1.20 bits per heavy atom. The SMILES string of the molecule is CS(=O)(=O)N1CCN(Cc2noc3ccccc23)CC1. The monoisotopic (exact) mass is 295 g/mol. The van der Waals surface area contributed by atoms with E-state index in [1.54, 1.807) is 0 Å². The number of hydrogen-bond acceptors (Lipinski definition) is 5. The first kappa shape index (κ1) is 13.5. The third-order valence-corrected chi connectivity index (χ3v) is 4.93. The van der Waals surface area contributed by atoms with Gasteiger partial charge in [-0.15, -0.1) is 0 Å². The molecule has 0 aliphatic carbocycles. The maximum absolute atomic E-state index is 11.5. The summed E-state index contributed by atoms with van der Waals surface area (Å²) in [6, 6.07) is 7.77. The number of piperazine rings is 1. The summed E-state index contributed by atoms with van der Waals surface area (Å²) in [7, 11) is -3.07. The minimum atomic E-state index is -3.07. The van der Waals surface area contributed by atoms with E-state index < -0.39 is 10.0 Å². The Morgan fingerprint density at radius 2 is 1.90 bits per heavy atom. The van der Waals surface area contributed by atoms with Gasteiger partial charge in [0.05, 0.1) is 6.26 Å². The van der Waals surface area contributed by atoms with E-state index >= 15 is 0 Å². The van der Waals surface area contributed by atoms with Gasteiger partial charge in [0.25, 0.3) is 0 Å². The van der Waals surface area contributed by atoms with E-state index in [0.717, 1.165) is 16.7 Å². The highest BCUT2D eigenvalue weighted by molar-refractivity contribution is 7.88. The second kappa shape index (κ2) is 5.16. The molecular weight excluding hydrogens is 278 g/mol. The van der Waals surface area contributed by atoms with Crippen LogP contribution in [0.2, 0.25) is 0 Å². The molecule has 0 bridgehead atoms. The molecule has 1 aliphatic rings. The summed E-state index contributed by atoms with van der Waals surface area (Å²) < 4.78 is 29.7. The smallest absolute Gasteiger partial charge is 0.211 e. The van der Waals surface area contributed by atoms with Gasteiger partial charge in [-0.3, -0.25) is 4.90 Å². The average molecular weight is 295 g/mol. The third-order valence-electron chi connectivity index (χ3n) is 3.63. The second-order valence-corrected chi connectivity index (χ2v) is 7.05. The molecule has 1 fully saturated rings. The molecule has 0 amide bonds. The molecule has 1 aliphatic heterocycles. The Kier molecular flexibility index (Phi) is 3.49. The molecular formula is C13H17N3O3S. The highest BCUT2D eigenvalue weighted by atomic mass is 32.2. The number of sulfonamides is 1. The molecule has 1 aromatic carbocycles. The minimum Gasteiger partial charge on any atom is -0.356 e. The first-order chi connectivity index (χ1) is 9.54. The predicted octanol–water partition coefficient (Wildman–Crippen LogP) is 0.905. The largest absolute Gasteiger partial charge is 0.356 e. The molecule has 0 spiro atoms. The van der Waals surface area contributed by atoms with E-state index in [1.165, 1.54) is 10.6 Å². The summed E-state index contributed by atoms with van der Waals surface area (Å²) in [6.45, 7) is 3.19. The fourth-order valence-electron chi connectivity index (χ4n) is 2.48. The zero-order chi connectivity index (χ0) is 14.2. The molecule has 108 valence electrons. The molecule has 20 heavy (non-hydrogen) atoms. The van der Waals surface area contributed by atoms with Gasteiger partial charge in [0.15, 0.2) is 5.58 Å². The zero-order valence-corrected chi connectivity index (χ0v) is 12.1. The summed E-state index contributed by atoms with van der Waals surface area (Å²) in [6.07, 6.45) is 1.26. The van der Waals surface area contributed by atoms with Crippen molar-refractivity contribution in [3.63, 3.8) is 0 Å². The van der Waals surface area contributed by atoms with Gasteiger partial charge in [-0.05, 0) is 12.1 Å². The highest BCUT2D eigenvalue weighted by Gasteiger charge is 2.24. The van der Waals surface area contributed by atoms with Crippen LogP contribution in [0, 0.1) is 0 Å². The minimum absolute atomic E-state index is 0.536. The molecule has 0 atom stereocenters. The zero-order valence-electron chi connectivity index (χ0n) is 11.3. The first-order valence-electron chi connectivity index (χ1n) is 6.55. The van der Waals surface area contributed by atoms with Crippen molar-refractivity contribution < 1.29 is 12.9 Å². The van der Waals surface area contributed by atoms with Crippen LogP contribution in [0.25, 0.3) is 11.0 Å². The van der Waals surface area contributed by atoms with Crippen LogP contribution in [0.4, 0.5) is 0 Å². The molecule has 1 aromatic heterocycles. The van der Waals surface area contributed by atoms with Crippen molar-refractivity contribution in [2.45, 2.75) is 6.54 Å². The Hall–Kier alpha value is -1.44. The van der Waals surface area contributed by atoms with Crippen molar-refractivity contribution in [1.29, 1.82) is 0 Å². The molecule has 0 N–H and O–H groups in total. The summed E-state index contributed by atoms with van der Waals surface area (Å²) >= 11 is 0. The maximum atomic E-state index is 11.5. The number of para-hydroxylation sites is 1. The molecule has 3 rings (SSSR count). The van der Waals surface area contributed by atoms with Gasteiger partial charge in [0.1, 0.15) is 5.69 Å². The van der Waals surface area contributed by atoms with Crippen LogP contribution in [0.15, 0.2) is 28.8 Å². The number of nitrogens with zero attached hydrogens (tertiary/aromatic N) is 3. The van der Waals surface area contributed by atoms with Crippen LogP contribution in [-0.2, 0) is 16.6 Å². The number of hydrogen-bond donors (Lipinski definition) is 0. The van der Waals surface area contributed by atoms with Crippen LogP contribution in [0.1, 0.15) is 5.69 Å². The Labute approximate surface area is 118 Å². The molecule has 0 unspecified atom stereocenters. The van der Waals surface area contributed by atoms with E-state index in [-0.39, 0.29) is 0 Å². The molecule has 2 aromatic rings. The Morgan fingerprint density at radius 3 is 2.60 bits per heavy atom. The Bertz CT molecular complexity index is 702. The van der Waals surface area contributed by atoms with Gasteiger partial charge in [0, 0.05) is 38.1 Å². The van der Waals surface area contributed by atoms with Gasteiger partial charge in [0.2, 0.25) is 10.0 Å². The fraction of sp³-hybridized carbons (Fsp3) is 0.462. The molecule has 0 radical (unpaired) electrons. The van der Waals surface area contributed by atoms with Crippen LogP contribution < -0.4 is 0 Å². The van der Waals surface area contributed by atoms with Gasteiger partial charge < -0.3 is 4.52 Å². The van der Waals surface area contributed by atoms with E-state index in [4.69, 9.17) is 4.52 Å². The Balaban J connectivity index is 1.68. The lowest BCUT2D eigenvalue weighted by molar-refractivity contribution is 0.179. The quantitative estimate of drug-likeness (QED) is 0.842. The molecule has 1 saturated heterocycles. The van der Waals surface area contributed by atoms with E-state index in [0.29, 0.717) is 32.7 Å². The second-order valence-electron chi connectivity index (χ2n) is 5.06. The third kappa shape index (κ3) is 2.70. The van der Waals surface area contributed by atoms with Crippen LogP contribution >= 0.6 is 0 Å². The number of fused-ring (bicyclic) bond motifs is 1. The normalized spacial score (nSPS) is 18.6. The number of rotatable bonds is 3. The number of benzene rings is 1. The van der Waals surface area contributed by atoms with Crippen LogP contribution in [0.3, 0.4) is 0 Å². The highest BCUT2D eigenvalue weighted by Crippen LogP contribution is 2.20. The molecule has 0 saturated carbocycles. The first-order valence-corrected chi connectivity index (χ1v) is 8.39. The predicted molar refractivity (Wildman–Crippen MR) is 75.7 cm³/mol.